The Bertz CT molecular complexity index is 1050. The number of halogens is 2. The van der Waals surface area contributed by atoms with Crippen LogP contribution in [-0.4, -0.2) is 33.7 Å². The van der Waals surface area contributed by atoms with Gasteiger partial charge in [0.15, 0.2) is 5.78 Å². The number of Topliss-reactive ketones (excluding diaryl/α,β-unsaturated/α-hetero) is 1. The number of carbonyl (C=O) groups is 1. The molecule has 4 rings (SSSR count). The molecule has 0 aliphatic carbocycles. The molecule has 3 heterocycles. The molecule has 1 aliphatic rings. The molecule has 0 amide bonds. The van der Waals surface area contributed by atoms with Gasteiger partial charge in [-0.3, -0.25) is 14.5 Å². The molecule has 1 N–H and O–H groups in total. The highest BCUT2D eigenvalue weighted by Crippen LogP contribution is 2.27. The Kier molecular flexibility index (Phi) is 5.32. The van der Waals surface area contributed by atoms with Crippen molar-refractivity contribution in [2.75, 3.05) is 13.1 Å². The normalized spacial score (nSPS) is 16.1. The highest BCUT2D eigenvalue weighted by atomic mass is 35.5. The molecule has 27 heavy (non-hydrogen) atoms. The first-order chi connectivity index (χ1) is 13.0. The van der Waals surface area contributed by atoms with E-state index in [0.29, 0.717) is 32.7 Å². The number of piperidine rings is 1. The predicted molar refractivity (Wildman–Crippen MR) is 109 cm³/mol. The molecular formula is C19H17Cl2N3O2S. The molecule has 0 spiro atoms. The molecule has 1 saturated heterocycles. The number of aromatic amines is 1. The number of rotatable bonds is 4. The van der Waals surface area contributed by atoms with Gasteiger partial charge in [-0.1, -0.05) is 23.2 Å². The topological polar surface area (TPSA) is 66.1 Å². The highest BCUT2D eigenvalue weighted by molar-refractivity contribution is 7.17. The second-order valence-corrected chi connectivity index (χ2v) is 8.42. The van der Waals surface area contributed by atoms with Gasteiger partial charge in [-0.15, -0.1) is 11.3 Å². The summed E-state index contributed by atoms with van der Waals surface area (Å²) in [5.41, 5.74) is 1.26. The van der Waals surface area contributed by atoms with Crippen LogP contribution < -0.4 is 5.56 Å². The van der Waals surface area contributed by atoms with E-state index in [1.165, 1.54) is 11.3 Å². The van der Waals surface area contributed by atoms with Crippen molar-refractivity contribution in [2.24, 2.45) is 5.92 Å². The van der Waals surface area contributed by atoms with Crippen molar-refractivity contribution in [1.29, 1.82) is 0 Å². The molecule has 0 radical (unpaired) electrons. The van der Waals surface area contributed by atoms with Crippen molar-refractivity contribution in [3.63, 3.8) is 0 Å². The minimum absolute atomic E-state index is 0.0233. The SMILES string of the molecule is O=C(c1ccc(Cl)c(Cl)c1)C1CCN(Cc2nc3ccsc3c(=O)[nH]2)CC1. The van der Waals surface area contributed by atoms with Crippen molar-refractivity contribution < 1.29 is 4.79 Å². The second kappa shape index (κ2) is 7.72. The monoisotopic (exact) mass is 421 g/mol. The van der Waals surface area contributed by atoms with E-state index in [-0.39, 0.29) is 17.3 Å². The number of aromatic nitrogens is 2. The van der Waals surface area contributed by atoms with Gasteiger partial charge in [-0.05, 0) is 55.6 Å². The van der Waals surface area contributed by atoms with E-state index in [2.05, 4.69) is 14.9 Å². The lowest BCUT2D eigenvalue weighted by atomic mass is 9.89. The standard InChI is InChI=1S/C19H17Cl2N3O2S/c20-13-2-1-12(9-14(13)21)17(25)11-3-6-24(7-4-11)10-16-22-15-5-8-27-18(15)19(26)23-16/h1-2,5,8-9,11H,3-4,6-7,10H2,(H,22,23,26). The molecule has 3 aromatic rings. The van der Waals surface area contributed by atoms with Gasteiger partial charge in [0, 0.05) is 11.5 Å². The largest absolute Gasteiger partial charge is 0.308 e. The summed E-state index contributed by atoms with van der Waals surface area (Å²) in [4.78, 5) is 34.4. The second-order valence-electron chi connectivity index (χ2n) is 6.69. The Labute approximate surface area is 169 Å². The van der Waals surface area contributed by atoms with Gasteiger partial charge in [0.1, 0.15) is 10.5 Å². The van der Waals surface area contributed by atoms with Crippen LogP contribution in [0, 0.1) is 5.92 Å². The molecule has 8 heteroatoms. The third-order valence-corrected chi connectivity index (χ3v) is 6.54. The molecular weight excluding hydrogens is 405 g/mol. The van der Waals surface area contributed by atoms with E-state index in [0.717, 1.165) is 31.4 Å². The summed E-state index contributed by atoms with van der Waals surface area (Å²) >= 11 is 13.4. The Morgan fingerprint density at radius 3 is 2.74 bits per heavy atom. The van der Waals surface area contributed by atoms with Gasteiger partial charge in [0.2, 0.25) is 0 Å². The number of H-pyrrole nitrogens is 1. The summed E-state index contributed by atoms with van der Waals surface area (Å²) in [6, 6.07) is 6.90. The zero-order chi connectivity index (χ0) is 19.0. The summed E-state index contributed by atoms with van der Waals surface area (Å²) in [6.45, 7) is 2.14. The Morgan fingerprint density at radius 2 is 2.00 bits per heavy atom. The van der Waals surface area contributed by atoms with E-state index in [4.69, 9.17) is 23.2 Å². The van der Waals surface area contributed by atoms with Gasteiger partial charge in [0.25, 0.3) is 5.56 Å². The van der Waals surface area contributed by atoms with E-state index in [1.54, 1.807) is 18.2 Å². The zero-order valence-corrected chi connectivity index (χ0v) is 16.7. The van der Waals surface area contributed by atoms with Gasteiger partial charge in [-0.25, -0.2) is 4.98 Å². The average molecular weight is 422 g/mol. The van der Waals surface area contributed by atoms with Crippen molar-refractivity contribution in [1.82, 2.24) is 14.9 Å². The number of nitrogens with zero attached hydrogens (tertiary/aromatic N) is 2. The van der Waals surface area contributed by atoms with Gasteiger partial charge in [-0.2, -0.15) is 0 Å². The molecule has 1 fully saturated rings. The van der Waals surface area contributed by atoms with E-state index in [1.807, 2.05) is 11.4 Å². The van der Waals surface area contributed by atoms with Crippen molar-refractivity contribution in [3.8, 4) is 0 Å². The quantitative estimate of drug-likeness (QED) is 0.634. The fraction of sp³-hybridized carbons (Fsp3) is 0.316. The van der Waals surface area contributed by atoms with Gasteiger partial charge < -0.3 is 4.98 Å². The number of thiophene rings is 1. The first kappa shape index (κ1) is 18.6. The Morgan fingerprint density at radius 1 is 1.22 bits per heavy atom. The highest BCUT2D eigenvalue weighted by Gasteiger charge is 2.26. The average Bonchev–Trinajstić information content (AvgIpc) is 3.13. The van der Waals surface area contributed by atoms with Crippen molar-refractivity contribution in [2.45, 2.75) is 19.4 Å². The maximum absolute atomic E-state index is 12.7. The molecule has 140 valence electrons. The Balaban J connectivity index is 1.40. The number of hydrogen-bond donors (Lipinski definition) is 1. The molecule has 2 aromatic heterocycles. The Hall–Kier alpha value is -1.73. The maximum atomic E-state index is 12.7. The smallest absolute Gasteiger partial charge is 0.268 e. The first-order valence-electron chi connectivity index (χ1n) is 8.69. The molecule has 5 nitrogen and oxygen atoms in total. The van der Waals surface area contributed by atoms with Crippen LogP contribution in [0.2, 0.25) is 10.0 Å². The van der Waals surface area contributed by atoms with Crippen LogP contribution in [0.3, 0.4) is 0 Å². The van der Waals surface area contributed by atoms with E-state index < -0.39 is 0 Å². The zero-order valence-electron chi connectivity index (χ0n) is 14.4. The predicted octanol–water partition coefficient (Wildman–Crippen LogP) is 4.39. The summed E-state index contributed by atoms with van der Waals surface area (Å²) < 4.78 is 0.657. The van der Waals surface area contributed by atoms with Crippen LogP contribution in [-0.2, 0) is 6.54 Å². The molecule has 0 saturated carbocycles. The molecule has 0 unspecified atom stereocenters. The summed E-state index contributed by atoms with van der Waals surface area (Å²) in [6.07, 6.45) is 1.54. The van der Waals surface area contributed by atoms with Gasteiger partial charge in [0.05, 0.1) is 22.1 Å². The van der Waals surface area contributed by atoms with Crippen LogP contribution in [0.1, 0.15) is 29.0 Å². The number of benzene rings is 1. The molecule has 0 bridgehead atoms. The summed E-state index contributed by atoms with van der Waals surface area (Å²) in [5.74, 6) is 0.754. The number of fused-ring (bicyclic) bond motifs is 1. The lowest BCUT2D eigenvalue weighted by Crippen LogP contribution is -2.36. The summed E-state index contributed by atoms with van der Waals surface area (Å²) in [5, 5.41) is 2.72. The van der Waals surface area contributed by atoms with Crippen LogP contribution in [0.25, 0.3) is 10.2 Å². The van der Waals surface area contributed by atoms with Crippen molar-refractivity contribution >= 4 is 50.5 Å². The van der Waals surface area contributed by atoms with Crippen molar-refractivity contribution in [3.05, 3.63) is 61.4 Å². The molecule has 1 aromatic carbocycles. The fourth-order valence-electron chi connectivity index (χ4n) is 3.45. The van der Waals surface area contributed by atoms with Crippen LogP contribution in [0.4, 0.5) is 0 Å². The number of hydrogen-bond acceptors (Lipinski definition) is 5. The first-order valence-corrected chi connectivity index (χ1v) is 10.3. The van der Waals surface area contributed by atoms with Gasteiger partial charge >= 0.3 is 0 Å². The molecule has 1 aliphatic heterocycles. The lowest BCUT2D eigenvalue weighted by Gasteiger charge is -2.30. The number of nitrogens with one attached hydrogen (secondary N) is 1. The van der Waals surface area contributed by atoms with Crippen LogP contribution in [0.15, 0.2) is 34.4 Å². The van der Waals surface area contributed by atoms with Crippen LogP contribution in [0.5, 0.6) is 0 Å². The fourth-order valence-corrected chi connectivity index (χ4v) is 4.47. The van der Waals surface area contributed by atoms with Crippen LogP contribution >= 0.6 is 34.5 Å². The number of likely N-dealkylation sites (tertiary alicyclic amines) is 1. The summed E-state index contributed by atoms with van der Waals surface area (Å²) in [7, 11) is 0. The maximum Gasteiger partial charge on any atom is 0.268 e. The minimum atomic E-state index is -0.0883. The molecule has 0 atom stereocenters. The lowest BCUT2D eigenvalue weighted by molar-refractivity contribution is 0.0833. The van der Waals surface area contributed by atoms with E-state index in [9.17, 15) is 9.59 Å². The third kappa shape index (κ3) is 3.94. The number of ketones is 1. The minimum Gasteiger partial charge on any atom is -0.308 e. The van der Waals surface area contributed by atoms with E-state index >= 15 is 0 Å². The number of carbonyl (C=O) groups excluding carboxylic acids is 1. The third-order valence-electron chi connectivity index (χ3n) is 4.90.